The van der Waals surface area contributed by atoms with Crippen LogP contribution in [0.3, 0.4) is 0 Å². The van der Waals surface area contributed by atoms with Crippen LogP contribution in [0.25, 0.3) is 0 Å². The SMILES string of the molecule is Cl.Cl.Cn1cc(CCC(=O)Nc2cc(CN)cc(C(F)(F)F)c2)cn1. The summed E-state index contributed by atoms with van der Waals surface area (Å²) in [6, 6.07) is 3.32. The smallest absolute Gasteiger partial charge is 0.326 e. The highest BCUT2D eigenvalue weighted by atomic mass is 35.5. The van der Waals surface area contributed by atoms with E-state index in [9.17, 15) is 18.0 Å². The summed E-state index contributed by atoms with van der Waals surface area (Å²) in [5, 5.41) is 6.47. The first kappa shape index (κ1) is 23.2. The third kappa shape index (κ3) is 6.93. The second-order valence-electron chi connectivity index (χ2n) is 5.19. The molecule has 5 nitrogen and oxygen atoms in total. The zero-order valence-corrected chi connectivity index (χ0v) is 15.0. The number of halogens is 5. The zero-order chi connectivity index (χ0) is 17.0. The van der Waals surface area contributed by atoms with E-state index in [0.29, 0.717) is 12.0 Å². The Balaban J connectivity index is 0.00000288. The molecule has 3 N–H and O–H groups in total. The van der Waals surface area contributed by atoms with Crippen molar-refractivity contribution in [3.8, 4) is 0 Å². The Kier molecular flexibility index (Phi) is 8.96. The summed E-state index contributed by atoms with van der Waals surface area (Å²) in [5.41, 5.74) is 5.86. The minimum absolute atomic E-state index is 0. The second kappa shape index (κ2) is 9.65. The molecule has 0 radical (unpaired) electrons. The Morgan fingerprint density at radius 2 is 1.92 bits per heavy atom. The highest BCUT2D eigenvalue weighted by Crippen LogP contribution is 2.32. The number of benzene rings is 1. The molecule has 0 bridgehead atoms. The minimum atomic E-state index is -4.49. The molecule has 2 aromatic rings. The molecule has 0 aliphatic carbocycles. The van der Waals surface area contributed by atoms with Gasteiger partial charge in [-0.25, -0.2) is 0 Å². The molecular weight excluding hydrogens is 380 g/mol. The Labute approximate surface area is 155 Å². The topological polar surface area (TPSA) is 72.9 Å². The van der Waals surface area contributed by atoms with Crippen LogP contribution in [-0.2, 0) is 31.0 Å². The molecule has 1 aromatic carbocycles. The van der Waals surface area contributed by atoms with Crippen LogP contribution >= 0.6 is 24.8 Å². The number of nitrogens with two attached hydrogens (primary N) is 1. The number of hydrogen-bond acceptors (Lipinski definition) is 3. The summed E-state index contributed by atoms with van der Waals surface area (Å²) in [4.78, 5) is 11.9. The van der Waals surface area contributed by atoms with E-state index in [1.165, 1.54) is 6.07 Å². The van der Waals surface area contributed by atoms with E-state index in [-0.39, 0.29) is 49.4 Å². The first-order valence-electron chi connectivity index (χ1n) is 6.96. The molecule has 1 aromatic heterocycles. The number of carbonyl (C=O) groups excluding carboxylic acids is 1. The lowest BCUT2D eigenvalue weighted by atomic mass is 10.1. The maximum atomic E-state index is 12.8. The summed E-state index contributed by atoms with van der Waals surface area (Å²) < 4.78 is 40.1. The number of carbonyl (C=O) groups is 1. The lowest BCUT2D eigenvalue weighted by molar-refractivity contribution is -0.137. The lowest BCUT2D eigenvalue weighted by Gasteiger charge is -2.12. The number of alkyl halides is 3. The normalized spacial score (nSPS) is 10.6. The number of nitrogens with one attached hydrogen (secondary N) is 1. The van der Waals surface area contributed by atoms with Gasteiger partial charge in [0.15, 0.2) is 0 Å². The van der Waals surface area contributed by atoms with Crippen molar-refractivity contribution in [3.63, 3.8) is 0 Å². The quantitative estimate of drug-likeness (QED) is 0.811. The van der Waals surface area contributed by atoms with Crippen molar-refractivity contribution in [2.45, 2.75) is 25.6 Å². The molecule has 10 heteroatoms. The van der Waals surface area contributed by atoms with Gasteiger partial charge < -0.3 is 11.1 Å². The van der Waals surface area contributed by atoms with Crippen molar-refractivity contribution in [1.82, 2.24) is 9.78 Å². The van der Waals surface area contributed by atoms with Gasteiger partial charge in [0.2, 0.25) is 5.91 Å². The fourth-order valence-corrected chi connectivity index (χ4v) is 2.13. The molecule has 1 heterocycles. The molecule has 2 rings (SSSR count). The molecule has 0 fully saturated rings. The third-order valence-electron chi connectivity index (χ3n) is 3.24. The number of aryl methyl sites for hydroxylation is 2. The van der Waals surface area contributed by atoms with Crippen molar-refractivity contribution in [3.05, 3.63) is 47.3 Å². The minimum Gasteiger partial charge on any atom is -0.326 e. The Hall–Kier alpha value is -1.77. The van der Waals surface area contributed by atoms with Gasteiger partial charge in [-0.15, -0.1) is 24.8 Å². The van der Waals surface area contributed by atoms with Crippen molar-refractivity contribution in [2.24, 2.45) is 12.8 Å². The molecule has 1 amide bonds. The van der Waals surface area contributed by atoms with Gasteiger partial charge in [-0.3, -0.25) is 9.48 Å². The summed E-state index contributed by atoms with van der Waals surface area (Å²) >= 11 is 0. The number of nitrogens with zero attached hydrogens (tertiary/aromatic N) is 2. The van der Waals surface area contributed by atoms with Crippen LogP contribution < -0.4 is 11.1 Å². The van der Waals surface area contributed by atoms with Crippen LogP contribution in [0.1, 0.15) is 23.1 Å². The molecule has 140 valence electrons. The van der Waals surface area contributed by atoms with Crippen LogP contribution in [0, 0.1) is 0 Å². The van der Waals surface area contributed by atoms with Crippen molar-refractivity contribution in [1.29, 1.82) is 0 Å². The number of hydrogen-bond donors (Lipinski definition) is 2. The van der Waals surface area contributed by atoms with Gasteiger partial charge in [-0.2, -0.15) is 18.3 Å². The van der Waals surface area contributed by atoms with Gasteiger partial charge >= 0.3 is 6.18 Å². The molecule has 0 saturated carbocycles. The van der Waals surface area contributed by atoms with Gasteiger partial charge in [-0.05, 0) is 35.7 Å². The van der Waals surface area contributed by atoms with Gasteiger partial charge in [0.05, 0.1) is 11.8 Å². The van der Waals surface area contributed by atoms with E-state index in [1.807, 2.05) is 0 Å². The molecule has 0 atom stereocenters. The standard InChI is InChI=1S/C15H17F3N4O.2ClH/c1-22-9-10(8-20-22)2-3-14(23)21-13-5-11(7-19)4-12(6-13)15(16,17)18;;/h4-6,8-9H,2-3,7,19H2,1H3,(H,21,23);2*1H. The Morgan fingerprint density at radius 3 is 2.44 bits per heavy atom. The second-order valence-corrected chi connectivity index (χ2v) is 5.19. The van der Waals surface area contributed by atoms with Crippen LogP contribution in [-0.4, -0.2) is 15.7 Å². The zero-order valence-electron chi connectivity index (χ0n) is 13.3. The van der Waals surface area contributed by atoms with Crippen molar-refractivity contribution in [2.75, 3.05) is 5.32 Å². The number of aromatic nitrogens is 2. The number of amides is 1. The average Bonchev–Trinajstić information content (AvgIpc) is 2.89. The average molecular weight is 399 g/mol. The van der Waals surface area contributed by atoms with Gasteiger partial charge in [0.1, 0.15) is 0 Å². The maximum absolute atomic E-state index is 12.8. The van der Waals surface area contributed by atoms with Crippen LogP contribution in [0.15, 0.2) is 30.6 Å². The van der Waals surface area contributed by atoms with E-state index in [4.69, 9.17) is 5.73 Å². The summed E-state index contributed by atoms with van der Waals surface area (Å²) in [6.45, 7) is -0.0392. The first-order chi connectivity index (χ1) is 10.8. The molecule has 0 aliphatic heterocycles. The Bertz CT molecular complexity index is 704. The van der Waals surface area contributed by atoms with Crippen molar-refractivity contribution >= 4 is 36.4 Å². The highest BCUT2D eigenvalue weighted by Gasteiger charge is 2.31. The van der Waals surface area contributed by atoms with E-state index in [0.717, 1.165) is 17.7 Å². The van der Waals surface area contributed by atoms with E-state index in [2.05, 4.69) is 10.4 Å². The molecule has 0 saturated heterocycles. The summed E-state index contributed by atoms with van der Waals surface area (Å²) in [7, 11) is 1.76. The van der Waals surface area contributed by atoms with E-state index >= 15 is 0 Å². The summed E-state index contributed by atoms with van der Waals surface area (Å²) in [6.07, 6.45) is -0.448. The molecule has 25 heavy (non-hydrogen) atoms. The Morgan fingerprint density at radius 1 is 1.24 bits per heavy atom. The molecule has 0 aliphatic rings. The predicted octanol–water partition coefficient (Wildman–Crippen LogP) is 3.31. The predicted molar refractivity (Wildman–Crippen MR) is 94.0 cm³/mol. The van der Waals surface area contributed by atoms with Gasteiger partial charge in [-0.1, -0.05) is 0 Å². The van der Waals surface area contributed by atoms with E-state index in [1.54, 1.807) is 24.1 Å². The molecule has 0 spiro atoms. The third-order valence-corrected chi connectivity index (χ3v) is 3.24. The van der Waals surface area contributed by atoms with E-state index < -0.39 is 11.7 Å². The first-order valence-corrected chi connectivity index (χ1v) is 6.96. The monoisotopic (exact) mass is 398 g/mol. The van der Waals surface area contributed by atoms with Crippen molar-refractivity contribution < 1.29 is 18.0 Å². The van der Waals surface area contributed by atoms with Gasteiger partial charge in [0.25, 0.3) is 0 Å². The number of anilines is 1. The molecular formula is C15H19Cl2F3N4O. The van der Waals surface area contributed by atoms with Crippen LogP contribution in [0.4, 0.5) is 18.9 Å². The van der Waals surface area contributed by atoms with Crippen LogP contribution in [0.5, 0.6) is 0 Å². The van der Waals surface area contributed by atoms with Gasteiger partial charge in [0, 0.05) is 31.9 Å². The fourth-order valence-electron chi connectivity index (χ4n) is 2.13. The maximum Gasteiger partial charge on any atom is 0.416 e. The van der Waals surface area contributed by atoms with Crippen LogP contribution in [0.2, 0.25) is 0 Å². The highest BCUT2D eigenvalue weighted by molar-refractivity contribution is 5.91. The number of rotatable bonds is 5. The fraction of sp³-hybridized carbons (Fsp3) is 0.333. The lowest BCUT2D eigenvalue weighted by Crippen LogP contribution is -2.14. The largest absolute Gasteiger partial charge is 0.416 e. The summed E-state index contributed by atoms with van der Waals surface area (Å²) in [5.74, 6) is -0.365. The molecule has 0 unspecified atom stereocenters.